The van der Waals surface area contributed by atoms with E-state index in [9.17, 15) is 4.79 Å². The monoisotopic (exact) mass is 405 g/mol. The standard InChI is InChI=1S/C21H19N5O2S/c1-3-28-18-12-8-7-11-16(18)23-24-19-14(2)25-26(20(19)27)21-22-17(13-29-21)15-9-5-4-6-10-15/h4-13,23H,3H2,1-2H3/b24-19+. The van der Waals surface area contributed by atoms with Gasteiger partial charge in [-0.2, -0.15) is 15.2 Å². The molecule has 0 aliphatic carbocycles. The summed E-state index contributed by atoms with van der Waals surface area (Å²) in [6.07, 6.45) is 0. The number of ether oxygens (including phenoxy) is 1. The van der Waals surface area contributed by atoms with E-state index in [1.807, 2.05) is 66.9 Å². The van der Waals surface area contributed by atoms with Gasteiger partial charge in [0.05, 0.1) is 23.7 Å². The summed E-state index contributed by atoms with van der Waals surface area (Å²) in [6.45, 7) is 4.20. The highest BCUT2D eigenvalue weighted by molar-refractivity contribution is 7.14. The number of thiazole rings is 1. The lowest BCUT2D eigenvalue weighted by molar-refractivity contribution is -0.112. The van der Waals surface area contributed by atoms with Gasteiger partial charge in [-0.15, -0.1) is 11.3 Å². The number of anilines is 2. The van der Waals surface area contributed by atoms with Crippen molar-refractivity contribution in [3.05, 3.63) is 60.0 Å². The minimum atomic E-state index is -0.321. The molecule has 0 radical (unpaired) electrons. The summed E-state index contributed by atoms with van der Waals surface area (Å²) in [7, 11) is 0. The zero-order chi connectivity index (χ0) is 20.2. The minimum absolute atomic E-state index is 0.243. The van der Waals surface area contributed by atoms with Crippen LogP contribution in [0.1, 0.15) is 13.8 Å². The zero-order valence-electron chi connectivity index (χ0n) is 16.0. The van der Waals surface area contributed by atoms with Crippen molar-refractivity contribution in [1.29, 1.82) is 0 Å². The number of rotatable bonds is 6. The van der Waals surface area contributed by atoms with Gasteiger partial charge in [0.15, 0.2) is 5.71 Å². The quantitative estimate of drug-likeness (QED) is 0.617. The molecule has 0 unspecified atom stereocenters. The summed E-state index contributed by atoms with van der Waals surface area (Å²) < 4.78 is 5.58. The first-order chi connectivity index (χ1) is 14.2. The Morgan fingerprint density at radius 1 is 1.14 bits per heavy atom. The number of carbonyl (C=O) groups is 1. The Balaban J connectivity index is 1.55. The fraction of sp³-hybridized carbons (Fsp3) is 0.143. The largest absolute Gasteiger partial charge is 0.492 e. The first-order valence-corrected chi connectivity index (χ1v) is 10.0. The molecule has 0 saturated heterocycles. The Hall–Kier alpha value is -3.52. The highest BCUT2D eigenvalue weighted by atomic mass is 32.1. The van der Waals surface area contributed by atoms with Gasteiger partial charge < -0.3 is 4.74 Å². The van der Waals surface area contributed by atoms with Crippen molar-refractivity contribution in [1.82, 2.24) is 4.98 Å². The van der Waals surface area contributed by atoms with Crippen molar-refractivity contribution in [3.63, 3.8) is 0 Å². The SMILES string of the molecule is CCOc1ccccc1N/N=C1/C(=O)N(c2nc(-c3ccccc3)cs2)N=C1C. The molecule has 1 aromatic heterocycles. The summed E-state index contributed by atoms with van der Waals surface area (Å²) in [4.78, 5) is 17.4. The number of hydrogen-bond donors (Lipinski definition) is 1. The van der Waals surface area contributed by atoms with Crippen LogP contribution in [0, 0.1) is 0 Å². The van der Waals surface area contributed by atoms with Crippen LogP contribution < -0.4 is 15.2 Å². The van der Waals surface area contributed by atoms with Crippen LogP contribution in [0.5, 0.6) is 5.75 Å². The first-order valence-electron chi connectivity index (χ1n) is 9.14. The summed E-state index contributed by atoms with van der Waals surface area (Å²) in [5, 5.41) is 12.3. The van der Waals surface area contributed by atoms with E-state index in [1.165, 1.54) is 16.3 Å². The second kappa shape index (κ2) is 8.24. The summed E-state index contributed by atoms with van der Waals surface area (Å²) in [6, 6.07) is 17.2. The number of benzene rings is 2. The molecule has 2 heterocycles. The molecule has 146 valence electrons. The third-order valence-electron chi connectivity index (χ3n) is 4.21. The lowest BCUT2D eigenvalue weighted by atomic mass is 10.2. The highest BCUT2D eigenvalue weighted by Gasteiger charge is 2.32. The van der Waals surface area contributed by atoms with Crippen molar-refractivity contribution < 1.29 is 9.53 Å². The predicted molar refractivity (Wildman–Crippen MR) is 117 cm³/mol. The maximum Gasteiger partial charge on any atom is 0.303 e. The number of aromatic nitrogens is 1. The lowest BCUT2D eigenvalue weighted by Gasteiger charge is -2.09. The van der Waals surface area contributed by atoms with E-state index in [1.54, 1.807) is 6.92 Å². The molecule has 0 saturated carbocycles. The second-order valence-corrected chi connectivity index (χ2v) is 7.02. The van der Waals surface area contributed by atoms with Gasteiger partial charge in [-0.05, 0) is 26.0 Å². The van der Waals surface area contributed by atoms with Crippen molar-refractivity contribution in [2.45, 2.75) is 13.8 Å². The van der Waals surface area contributed by atoms with E-state index in [4.69, 9.17) is 4.74 Å². The molecule has 0 bridgehead atoms. The van der Waals surface area contributed by atoms with Gasteiger partial charge in [-0.1, -0.05) is 42.5 Å². The van der Waals surface area contributed by atoms with Crippen LogP contribution >= 0.6 is 11.3 Å². The minimum Gasteiger partial charge on any atom is -0.492 e. The number of nitrogens with zero attached hydrogens (tertiary/aromatic N) is 4. The van der Waals surface area contributed by atoms with E-state index in [0.717, 1.165) is 11.3 Å². The number of para-hydroxylation sites is 2. The normalized spacial score (nSPS) is 15.0. The fourth-order valence-corrected chi connectivity index (χ4v) is 3.60. The van der Waals surface area contributed by atoms with E-state index in [2.05, 4.69) is 20.6 Å². The summed E-state index contributed by atoms with van der Waals surface area (Å²) in [5.41, 5.74) is 6.17. The van der Waals surface area contributed by atoms with Crippen LogP contribution in [0.25, 0.3) is 11.3 Å². The molecule has 0 atom stereocenters. The molecule has 8 heteroatoms. The Morgan fingerprint density at radius 3 is 2.69 bits per heavy atom. The van der Waals surface area contributed by atoms with Crippen LogP contribution in [0.15, 0.2) is 70.2 Å². The molecule has 29 heavy (non-hydrogen) atoms. The van der Waals surface area contributed by atoms with Crippen LogP contribution in [-0.2, 0) is 4.79 Å². The van der Waals surface area contributed by atoms with Gasteiger partial charge in [-0.3, -0.25) is 10.2 Å². The molecular formula is C21H19N5O2S. The number of hydrogen-bond acceptors (Lipinski definition) is 7. The zero-order valence-corrected chi connectivity index (χ0v) is 16.8. The van der Waals surface area contributed by atoms with Crippen molar-refractivity contribution in [2.75, 3.05) is 17.0 Å². The number of carbonyl (C=O) groups excluding carboxylic acids is 1. The molecule has 0 fully saturated rings. The van der Waals surface area contributed by atoms with Gasteiger partial charge >= 0.3 is 5.91 Å². The van der Waals surface area contributed by atoms with Crippen LogP contribution in [0.4, 0.5) is 10.8 Å². The molecule has 7 nitrogen and oxygen atoms in total. The average Bonchev–Trinajstić information content (AvgIpc) is 3.33. The highest BCUT2D eigenvalue weighted by Crippen LogP contribution is 2.29. The van der Waals surface area contributed by atoms with Crippen LogP contribution in [-0.4, -0.2) is 28.9 Å². The Kier molecular flexibility index (Phi) is 5.35. The molecule has 1 aliphatic heterocycles. The first kappa shape index (κ1) is 18.8. The van der Waals surface area contributed by atoms with Gasteiger partial charge in [0.1, 0.15) is 5.75 Å². The number of nitrogens with one attached hydrogen (secondary N) is 1. The van der Waals surface area contributed by atoms with Gasteiger partial charge in [0.25, 0.3) is 0 Å². The molecule has 1 amide bonds. The maximum atomic E-state index is 12.9. The topological polar surface area (TPSA) is 79.2 Å². The van der Waals surface area contributed by atoms with Gasteiger partial charge in [0, 0.05) is 10.9 Å². The molecular weight excluding hydrogens is 386 g/mol. The summed E-state index contributed by atoms with van der Waals surface area (Å²) >= 11 is 1.36. The Morgan fingerprint density at radius 2 is 1.90 bits per heavy atom. The van der Waals surface area contributed by atoms with Gasteiger partial charge in [0.2, 0.25) is 5.13 Å². The lowest BCUT2D eigenvalue weighted by Crippen LogP contribution is -2.27. The van der Waals surface area contributed by atoms with E-state index < -0.39 is 0 Å². The average molecular weight is 405 g/mol. The molecule has 3 aromatic rings. The van der Waals surface area contributed by atoms with E-state index in [-0.39, 0.29) is 11.6 Å². The number of amides is 1. The predicted octanol–water partition coefficient (Wildman–Crippen LogP) is 4.40. The molecule has 0 spiro atoms. The van der Waals surface area contributed by atoms with Crippen LogP contribution in [0.2, 0.25) is 0 Å². The molecule has 1 aliphatic rings. The molecule has 4 rings (SSSR count). The maximum absolute atomic E-state index is 12.9. The van der Waals surface area contributed by atoms with Crippen LogP contribution in [0.3, 0.4) is 0 Å². The molecule has 2 aromatic carbocycles. The van der Waals surface area contributed by atoms with E-state index in [0.29, 0.717) is 28.9 Å². The second-order valence-electron chi connectivity index (χ2n) is 6.19. The van der Waals surface area contributed by atoms with Gasteiger partial charge in [-0.25, -0.2) is 4.98 Å². The van der Waals surface area contributed by atoms with Crippen molar-refractivity contribution in [3.8, 4) is 17.0 Å². The van der Waals surface area contributed by atoms with Crippen molar-refractivity contribution in [2.24, 2.45) is 10.2 Å². The summed E-state index contributed by atoms with van der Waals surface area (Å²) in [5.74, 6) is 0.349. The van der Waals surface area contributed by atoms with E-state index >= 15 is 0 Å². The fourth-order valence-electron chi connectivity index (χ4n) is 2.82. The third kappa shape index (κ3) is 3.88. The smallest absolute Gasteiger partial charge is 0.303 e. The number of hydrazone groups is 2. The third-order valence-corrected chi connectivity index (χ3v) is 5.02. The van der Waals surface area contributed by atoms with Crippen molar-refractivity contribution >= 4 is 39.5 Å². The Bertz CT molecular complexity index is 1090. The Labute approximate surface area is 172 Å². The molecule has 1 N–H and O–H groups in total.